The smallest absolute Gasteiger partial charge is 0.408 e. The van der Waals surface area contributed by atoms with E-state index in [9.17, 15) is 19.5 Å². The summed E-state index contributed by atoms with van der Waals surface area (Å²) >= 11 is 0. The van der Waals surface area contributed by atoms with Crippen LogP contribution in [0.4, 0.5) is 4.79 Å². The molecule has 0 aliphatic rings. The van der Waals surface area contributed by atoms with Gasteiger partial charge in [0.25, 0.3) is 0 Å². The molecule has 0 aliphatic carbocycles. The minimum Gasteiger partial charge on any atom is -0.480 e. The maximum atomic E-state index is 11.7. The summed E-state index contributed by atoms with van der Waals surface area (Å²) in [6, 6.07) is -1.04. The number of aliphatic carboxylic acids is 1. The predicted molar refractivity (Wildman–Crippen MR) is 101 cm³/mol. The van der Waals surface area contributed by atoms with E-state index < -0.39 is 23.7 Å². The number of alkyl carbamates (subject to hydrolysis) is 1. The molecule has 0 saturated heterocycles. The van der Waals surface area contributed by atoms with Gasteiger partial charge in [-0.15, -0.1) is 0 Å². The average Bonchev–Trinajstić information content (AvgIpc) is 2.57. The number of carboxylic acids is 1. The van der Waals surface area contributed by atoms with Crippen LogP contribution in [0.2, 0.25) is 0 Å². The van der Waals surface area contributed by atoms with Gasteiger partial charge in [-0.3, -0.25) is 4.79 Å². The molecule has 0 aromatic heterocycles. The summed E-state index contributed by atoms with van der Waals surface area (Å²) in [4.78, 5) is 34.5. The molecule has 28 heavy (non-hydrogen) atoms. The van der Waals surface area contributed by atoms with Crippen LogP contribution < -0.4 is 10.6 Å². The molecule has 10 nitrogen and oxygen atoms in total. The van der Waals surface area contributed by atoms with Gasteiger partial charge in [-0.2, -0.15) is 0 Å². The van der Waals surface area contributed by atoms with Crippen LogP contribution in [-0.4, -0.2) is 81.4 Å². The Hall–Kier alpha value is -1.91. The Kier molecular flexibility index (Phi) is 14.0. The SMILES string of the molecule is COCCOCCOCC(=O)NCCCC[C@H](NC(=O)OC(C)(C)C)C(=O)O. The molecule has 0 bridgehead atoms. The number of unbranched alkanes of at least 4 members (excludes halogenated alkanes) is 1. The molecule has 0 aromatic carbocycles. The van der Waals surface area contributed by atoms with E-state index in [4.69, 9.17) is 18.9 Å². The number of hydrogen-bond acceptors (Lipinski definition) is 7. The van der Waals surface area contributed by atoms with Crippen molar-refractivity contribution in [2.45, 2.75) is 51.7 Å². The fourth-order valence-electron chi connectivity index (χ4n) is 1.99. The average molecular weight is 406 g/mol. The molecule has 0 radical (unpaired) electrons. The second-order valence-electron chi connectivity index (χ2n) is 7.04. The van der Waals surface area contributed by atoms with Gasteiger partial charge in [-0.05, 0) is 40.0 Å². The third-order valence-electron chi connectivity index (χ3n) is 3.27. The van der Waals surface area contributed by atoms with Crippen LogP contribution in [0, 0.1) is 0 Å². The maximum absolute atomic E-state index is 11.7. The number of carbonyl (C=O) groups excluding carboxylic acids is 2. The standard InChI is InChI=1S/C18H34N2O8/c1-18(2,3)28-17(24)20-14(16(22)23)7-5-6-8-19-15(21)13-27-12-11-26-10-9-25-4/h14H,5-13H2,1-4H3,(H,19,21)(H,20,24)(H,22,23)/t14-/m0/s1. The van der Waals surface area contributed by atoms with Gasteiger partial charge >= 0.3 is 12.1 Å². The fourth-order valence-corrected chi connectivity index (χ4v) is 1.99. The molecule has 0 unspecified atom stereocenters. The fraction of sp³-hybridized carbons (Fsp3) is 0.833. The minimum absolute atomic E-state index is 0.0639. The first-order valence-electron chi connectivity index (χ1n) is 9.29. The summed E-state index contributed by atoms with van der Waals surface area (Å²) in [6.07, 6.45) is 0.559. The van der Waals surface area contributed by atoms with Gasteiger partial charge in [-0.25, -0.2) is 9.59 Å². The minimum atomic E-state index is -1.13. The van der Waals surface area contributed by atoms with Crippen molar-refractivity contribution in [3.63, 3.8) is 0 Å². The molecule has 0 fully saturated rings. The molecular weight excluding hydrogens is 372 g/mol. The van der Waals surface area contributed by atoms with Crippen LogP contribution in [0.25, 0.3) is 0 Å². The molecule has 0 spiro atoms. The van der Waals surface area contributed by atoms with Gasteiger partial charge < -0.3 is 34.7 Å². The van der Waals surface area contributed by atoms with Crippen molar-refractivity contribution in [1.82, 2.24) is 10.6 Å². The Labute approximate surface area is 166 Å². The largest absolute Gasteiger partial charge is 0.480 e. The number of methoxy groups -OCH3 is 1. The van der Waals surface area contributed by atoms with E-state index in [1.165, 1.54) is 0 Å². The van der Waals surface area contributed by atoms with Crippen LogP contribution >= 0.6 is 0 Å². The first-order valence-corrected chi connectivity index (χ1v) is 9.29. The summed E-state index contributed by atoms with van der Waals surface area (Å²) in [5, 5.41) is 14.2. The topological polar surface area (TPSA) is 132 Å². The number of hydrogen-bond donors (Lipinski definition) is 3. The van der Waals surface area contributed by atoms with Gasteiger partial charge in [0.05, 0.1) is 26.4 Å². The molecule has 0 saturated carbocycles. The van der Waals surface area contributed by atoms with Gasteiger partial charge in [0.15, 0.2) is 0 Å². The number of rotatable bonds is 15. The van der Waals surface area contributed by atoms with E-state index >= 15 is 0 Å². The lowest BCUT2D eigenvalue weighted by Gasteiger charge is -2.22. The maximum Gasteiger partial charge on any atom is 0.408 e. The Balaban J connectivity index is 3.80. The van der Waals surface area contributed by atoms with E-state index in [0.717, 1.165) is 0 Å². The van der Waals surface area contributed by atoms with Gasteiger partial charge in [0.2, 0.25) is 5.91 Å². The third-order valence-corrected chi connectivity index (χ3v) is 3.27. The van der Waals surface area contributed by atoms with Crippen LogP contribution in [0.5, 0.6) is 0 Å². The number of amides is 2. The lowest BCUT2D eigenvalue weighted by Crippen LogP contribution is -2.43. The second kappa shape index (κ2) is 15.1. The summed E-state index contributed by atoms with van der Waals surface area (Å²) in [5.41, 5.74) is -0.699. The lowest BCUT2D eigenvalue weighted by atomic mass is 10.1. The predicted octanol–water partition coefficient (Wildman–Crippen LogP) is 0.930. The molecule has 2 amide bonds. The Morgan fingerprint density at radius 1 is 1.00 bits per heavy atom. The van der Waals surface area contributed by atoms with Crippen molar-refractivity contribution in [3.05, 3.63) is 0 Å². The zero-order valence-corrected chi connectivity index (χ0v) is 17.2. The number of ether oxygens (including phenoxy) is 4. The van der Waals surface area contributed by atoms with E-state index in [1.807, 2.05) is 0 Å². The highest BCUT2D eigenvalue weighted by Crippen LogP contribution is 2.08. The molecule has 0 aliphatic heterocycles. The van der Waals surface area contributed by atoms with E-state index in [2.05, 4.69) is 10.6 Å². The van der Waals surface area contributed by atoms with Crippen LogP contribution in [0.1, 0.15) is 40.0 Å². The number of nitrogens with one attached hydrogen (secondary N) is 2. The highest BCUT2D eigenvalue weighted by molar-refractivity contribution is 5.80. The first kappa shape index (κ1) is 26.1. The normalized spacial score (nSPS) is 12.3. The molecule has 0 aromatic rings. The van der Waals surface area contributed by atoms with E-state index in [0.29, 0.717) is 45.8 Å². The Morgan fingerprint density at radius 2 is 1.64 bits per heavy atom. The Bertz CT molecular complexity index is 465. The summed E-state index contributed by atoms with van der Waals surface area (Å²) < 4.78 is 20.2. The van der Waals surface area contributed by atoms with Gasteiger partial charge in [0.1, 0.15) is 18.2 Å². The first-order chi connectivity index (χ1) is 13.2. The van der Waals surface area contributed by atoms with E-state index in [1.54, 1.807) is 27.9 Å². The quantitative estimate of drug-likeness (QED) is 0.342. The highest BCUT2D eigenvalue weighted by atomic mass is 16.6. The zero-order valence-electron chi connectivity index (χ0n) is 17.2. The second-order valence-corrected chi connectivity index (χ2v) is 7.04. The van der Waals surface area contributed by atoms with E-state index in [-0.39, 0.29) is 18.9 Å². The van der Waals surface area contributed by atoms with Crippen molar-refractivity contribution in [2.75, 3.05) is 46.7 Å². The summed E-state index contributed by atoms with van der Waals surface area (Å²) in [5.74, 6) is -1.38. The molecular formula is C18H34N2O8. The van der Waals surface area contributed by atoms with Crippen molar-refractivity contribution < 1.29 is 38.4 Å². The molecule has 1 atom stereocenters. The highest BCUT2D eigenvalue weighted by Gasteiger charge is 2.23. The van der Waals surface area contributed by atoms with Crippen molar-refractivity contribution in [1.29, 1.82) is 0 Å². The van der Waals surface area contributed by atoms with Crippen molar-refractivity contribution >= 4 is 18.0 Å². The number of carbonyl (C=O) groups is 3. The van der Waals surface area contributed by atoms with Crippen LogP contribution in [-0.2, 0) is 28.5 Å². The third kappa shape index (κ3) is 16.3. The summed E-state index contributed by atoms with van der Waals surface area (Å²) in [6.45, 7) is 7.11. The van der Waals surface area contributed by atoms with Crippen molar-refractivity contribution in [3.8, 4) is 0 Å². The van der Waals surface area contributed by atoms with Crippen LogP contribution in [0.3, 0.4) is 0 Å². The van der Waals surface area contributed by atoms with Gasteiger partial charge in [0, 0.05) is 13.7 Å². The molecule has 0 heterocycles. The molecule has 0 rings (SSSR count). The van der Waals surface area contributed by atoms with Gasteiger partial charge in [-0.1, -0.05) is 0 Å². The Morgan fingerprint density at radius 3 is 2.25 bits per heavy atom. The summed E-state index contributed by atoms with van der Waals surface area (Å²) in [7, 11) is 1.59. The molecule has 3 N–H and O–H groups in total. The zero-order chi connectivity index (χ0) is 21.4. The molecule has 164 valence electrons. The monoisotopic (exact) mass is 406 g/mol. The van der Waals surface area contributed by atoms with Crippen molar-refractivity contribution in [2.24, 2.45) is 0 Å². The lowest BCUT2D eigenvalue weighted by molar-refractivity contribution is -0.139. The number of carboxylic acid groups (broad SMARTS) is 1. The molecule has 10 heteroatoms. The van der Waals surface area contributed by atoms with Crippen LogP contribution in [0.15, 0.2) is 0 Å².